The van der Waals surface area contributed by atoms with Crippen molar-refractivity contribution in [2.75, 3.05) is 5.32 Å². The first kappa shape index (κ1) is 19.9. The summed E-state index contributed by atoms with van der Waals surface area (Å²) in [5, 5.41) is 6.18. The van der Waals surface area contributed by atoms with Gasteiger partial charge in [0.05, 0.1) is 22.5 Å². The van der Waals surface area contributed by atoms with Crippen LogP contribution in [0.4, 0.5) is 5.69 Å². The maximum atomic E-state index is 12.8. The third-order valence-electron chi connectivity index (χ3n) is 4.01. The van der Waals surface area contributed by atoms with Gasteiger partial charge in [0.25, 0.3) is 5.91 Å². The summed E-state index contributed by atoms with van der Waals surface area (Å²) in [6.45, 7) is 0. The number of rotatable bonds is 6. The first-order valence-electron chi connectivity index (χ1n) is 8.53. The summed E-state index contributed by atoms with van der Waals surface area (Å²) in [4.78, 5) is 29.5. The van der Waals surface area contributed by atoms with Gasteiger partial charge in [-0.25, -0.2) is 0 Å². The molecular formula is C21H17Cl2N3O2. The standard InChI is InChI=1S/C21H17Cl2N3O2/c22-15-8-9-17(18(23)12-15)20(27)26-19(11-14-5-2-1-3-6-14)21(28)25-16-7-4-10-24-13-16/h1-10,12-13,19H,11H2,(H,25,28)(H,26,27)/t19-/m1/s1. The van der Waals surface area contributed by atoms with Gasteiger partial charge < -0.3 is 10.6 Å². The van der Waals surface area contributed by atoms with Crippen molar-refractivity contribution in [2.24, 2.45) is 0 Å². The van der Waals surface area contributed by atoms with Crippen LogP contribution in [0, 0.1) is 0 Å². The van der Waals surface area contributed by atoms with E-state index in [-0.39, 0.29) is 16.5 Å². The van der Waals surface area contributed by atoms with Crippen LogP contribution in [0.1, 0.15) is 15.9 Å². The summed E-state index contributed by atoms with van der Waals surface area (Å²) in [7, 11) is 0. The van der Waals surface area contributed by atoms with Gasteiger partial charge in [0, 0.05) is 17.6 Å². The number of halogens is 2. The van der Waals surface area contributed by atoms with Crippen molar-refractivity contribution in [3.8, 4) is 0 Å². The Balaban J connectivity index is 1.80. The summed E-state index contributed by atoms with van der Waals surface area (Å²) >= 11 is 12.0. The van der Waals surface area contributed by atoms with Crippen LogP contribution < -0.4 is 10.6 Å². The molecule has 0 spiro atoms. The number of carbonyl (C=O) groups is 2. The molecule has 0 aliphatic carbocycles. The average Bonchev–Trinajstić information content (AvgIpc) is 2.69. The minimum Gasteiger partial charge on any atom is -0.340 e. The van der Waals surface area contributed by atoms with Crippen LogP contribution in [0.3, 0.4) is 0 Å². The molecule has 0 bridgehead atoms. The number of pyridine rings is 1. The lowest BCUT2D eigenvalue weighted by Gasteiger charge is -2.19. The molecule has 0 aliphatic heterocycles. The van der Waals surface area contributed by atoms with Crippen molar-refractivity contribution in [2.45, 2.75) is 12.5 Å². The second-order valence-corrected chi connectivity index (χ2v) is 6.91. The van der Waals surface area contributed by atoms with Crippen LogP contribution >= 0.6 is 23.2 Å². The van der Waals surface area contributed by atoms with E-state index in [1.807, 2.05) is 30.3 Å². The lowest BCUT2D eigenvalue weighted by atomic mass is 10.0. The fourth-order valence-electron chi connectivity index (χ4n) is 2.63. The van der Waals surface area contributed by atoms with Crippen LogP contribution in [0.2, 0.25) is 10.0 Å². The Kier molecular flexibility index (Phi) is 6.63. The predicted octanol–water partition coefficient (Wildman–Crippen LogP) is 4.37. The fraction of sp³-hybridized carbons (Fsp3) is 0.0952. The number of anilines is 1. The molecule has 0 saturated carbocycles. The van der Waals surface area contributed by atoms with E-state index in [1.54, 1.807) is 24.4 Å². The van der Waals surface area contributed by atoms with E-state index < -0.39 is 11.9 Å². The minimum atomic E-state index is -0.804. The van der Waals surface area contributed by atoms with Crippen LogP contribution in [0.5, 0.6) is 0 Å². The molecule has 142 valence electrons. The van der Waals surface area contributed by atoms with E-state index in [2.05, 4.69) is 15.6 Å². The molecule has 5 nitrogen and oxygen atoms in total. The molecule has 2 N–H and O–H groups in total. The number of hydrogen-bond donors (Lipinski definition) is 2. The molecule has 2 aromatic carbocycles. The molecular weight excluding hydrogens is 397 g/mol. The minimum absolute atomic E-state index is 0.219. The van der Waals surface area contributed by atoms with Gasteiger partial charge in [-0.2, -0.15) is 0 Å². The average molecular weight is 414 g/mol. The summed E-state index contributed by atoms with van der Waals surface area (Å²) in [5.74, 6) is -0.806. The SMILES string of the molecule is O=C(N[C@H](Cc1ccccc1)C(=O)Nc1cccnc1)c1ccc(Cl)cc1Cl. The highest BCUT2D eigenvalue weighted by Crippen LogP contribution is 2.21. The van der Waals surface area contributed by atoms with E-state index in [4.69, 9.17) is 23.2 Å². The third kappa shape index (κ3) is 5.31. The molecule has 2 amide bonds. The summed E-state index contributed by atoms with van der Waals surface area (Å²) < 4.78 is 0. The van der Waals surface area contributed by atoms with E-state index >= 15 is 0 Å². The van der Waals surface area contributed by atoms with Gasteiger partial charge in [0.1, 0.15) is 6.04 Å². The third-order valence-corrected chi connectivity index (χ3v) is 4.56. The lowest BCUT2D eigenvalue weighted by molar-refractivity contribution is -0.118. The number of aromatic nitrogens is 1. The monoisotopic (exact) mass is 413 g/mol. The van der Waals surface area contributed by atoms with E-state index in [9.17, 15) is 9.59 Å². The predicted molar refractivity (Wildman–Crippen MR) is 111 cm³/mol. The molecule has 28 heavy (non-hydrogen) atoms. The number of hydrogen-bond acceptors (Lipinski definition) is 3. The molecule has 7 heteroatoms. The van der Waals surface area contributed by atoms with Crippen molar-refractivity contribution in [3.05, 3.63) is 94.2 Å². The van der Waals surface area contributed by atoms with E-state index in [1.165, 1.54) is 18.3 Å². The first-order chi connectivity index (χ1) is 13.5. The van der Waals surface area contributed by atoms with Gasteiger partial charge in [-0.15, -0.1) is 0 Å². The topological polar surface area (TPSA) is 71.1 Å². The zero-order chi connectivity index (χ0) is 19.9. The van der Waals surface area contributed by atoms with Crippen LogP contribution in [-0.4, -0.2) is 22.8 Å². The van der Waals surface area contributed by atoms with Crippen LogP contribution in [0.15, 0.2) is 73.1 Å². The highest BCUT2D eigenvalue weighted by atomic mass is 35.5. The van der Waals surface area contributed by atoms with Gasteiger partial charge in [0.15, 0.2) is 0 Å². The number of benzene rings is 2. The summed E-state index contributed by atoms with van der Waals surface area (Å²) in [6.07, 6.45) is 3.47. The van der Waals surface area contributed by atoms with Crippen LogP contribution in [0.25, 0.3) is 0 Å². The molecule has 3 rings (SSSR count). The second kappa shape index (κ2) is 9.35. The Morgan fingerprint density at radius 2 is 1.79 bits per heavy atom. The number of amides is 2. The summed E-state index contributed by atoms with van der Waals surface area (Å²) in [6, 6.07) is 16.7. The van der Waals surface area contributed by atoms with Crippen molar-refractivity contribution < 1.29 is 9.59 Å². The first-order valence-corrected chi connectivity index (χ1v) is 9.29. The van der Waals surface area contributed by atoms with Crippen molar-refractivity contribution >= 4 is 40.7 Å². The molecule has 1 atom stereocenters. The lowest BCUT2D eigenvalue weighted by Crippen LogP contribution is -2.45. The quantitative estimate of drug-likeness (QED) is 0.630. The Hall–Kier alpha value is -2.89. The number of carbonyl (C=O) groups excluding carboxylic acids is 2. The Labute approximate surface area is 172 Å². The largest absolute Gasteiger partial charge is 0.340 e. The second-order valence-electron chi connectivity index (χ2n) is 6.07. The van der Waals surface area contributed by atoms with Crippen molar-refractivity contribution in [1.29, 1.82) is 0 Å². The zero-order valence-electron chi connectivity index (χ0n) is 14.7. The fourth-order valence-corrected chi connectivity index (χ4v) is 3.13. The van der Waals surface area contributed by atoms with Gasteiger partial charge in [-0.3, -0.25) is 14.6 Å². The van der Waals surface area contributed by atoms with Gasteiger partial charge in [0.2, 0.25) is 5.91 Å². The van der Waals surface area contributed by atoms with Crippen LogP contribution in [-0.2, 0) is 11.2 Å². The van der Waals surface area contributed by atoms with E-state index in [0.717, 1.165) is 5.56 Å². The van der Waals surface area contributed by atoms with E-state index in [0.29, 0.717) is 17.1 Å². The highest BCUT2D eigenvalue weighted by molar-refractivity contribution is 6.36. The van der Waals surface area contributed by atoms with Crippen molar-refractivity contribution in [1.82, 2.24) is 10.3 Å². The Bertz CT molecular complexity index is 966. The number of nitrogens with zero attached hydrogens (tertiary/aromatic N) is 1. The molecule has 0 unspecified atom stereocenters. The molecule has 3 aromatic rings. The smallest absolute Gasteiger partial charge is 0.253 e. The van der Waals surface area contributed by atoms with Crippen molar-refractivity contribution in [3.63, 3.8) is 0 Å². The van der Waals surface area contributed by atoms with Gasteiger partial charge in [-0.1, -0.05) is 53.5 Å². The highest BCUT2D eigenvalue weighted by Gasteiger charge is 2.23. The van der Waals surface area contributed by atoms with Gasteiger partial charge in [-0.05, 0) is 35.9 Å². The maximum absolute atomic E-state index is 12.8. The Morgan fingerprint density at radius 3 is 2.46 bits per heavy atom. The number of nitrogens with one attached hydrogen (secondary N) is 2. The molecule has 0 radical (unpaired) electrons. The molecule has 1 aromatic heterocycles. The normalized spacial score (nSPS) is 11.5. The molecule has 0 aliphatic rings. The molecule has 0 fully saturated rings. The maximum Gasteiger partial charge on any atom is 0.253 e. The van der Waals surface area contributed by atoms with Gasteiger partial charge >= 0.3 is 0 Å². The summed E-state index contributed by atoms with van der Waals surface area (Å²) in [5.41, 5.74) is 1.71. The molecule has 1 heterocycles. The molecule has 0 saturated heterocycles. The zero-order valence-corrected chi connectivity index (χ0v) is 16.2. The Morgan fingerprint density at radius 1 is 1.00 bits per heavy atom.